The number of pyridine rings is 1. The number of aromatic nitrogens is 1. The molecule has 0 bridgehead atoms. The van der Waals surface area contributed by atoms with E-state index in [-0.39, 0.29) is 22.2 Å². The molecule has 0 atom stereocenters. The average Bonchev–Trinajstić information content (AvgIpc) is 2.85. The van der Waals surface area contributed by atoms with Gasteiger partial charge >= 0.3 is 6.16 Å². The van der Waals surface area contributed by atoms with Crippen molar-refractivity contribution in [2.45, 2.75) is 49.8 Å². The summed E-state index contributed by atoms with van der Waals surface area (Å²) >= 11 is 0. The van der Waals surface area contributed by atoms with Gasteiger partial charge in [0.15, 0.2) is 0 Å². The van der Waals surface area contributed by atoms with Gasteiger partial charge < -0.3 is 14.8 Å². The summed E-state index contributed by atoms with van der Waals surface area (Å²) in [5.41, 5.74) is 0.824. The Morgan fingerprint density at radius 1 is 1.03 bits per heavy atom. The van der Waals surface area contributed by atoms with Crippen molar-refractivity contribution in [1.29, 1.82) is 0 Å². The molecule has 1 aliphatic carbocycles. The van der Waals surface area contributed by atoms with Crippen molar-refractivity contribution in [2.24, 2.45) is 5.92 Å². The largest absolute Gasteiger partial charge is 0.514 e. The third-order valence-corrected chi connectivity index (χ3v) is 7.10. The summed E-state index contributed by atoms with van der Waals surface area (Å²) < 4.78 is 36.2. The summed E-state index contributed by atoms with van der Waals surface area (Å²) in [5.74, 6) is -0.451. The molecule has 0 spiro atoms. The predicted molar refractivity (Wildman–Crippen MR) is 126 cm³/mol. The van der Waals surface area contributed by atoms with E-state index < -0.39 is 22.1 Å². The third kappa shape index (κ3) is 8.06. The fraction of sp³-hybridized carbons (Fsp3) is 0.417. The van der Waals surface area contributed by atoms with Crippen LogP contribution in [0.5, 0.6) is 5.88 Å². The predicted octanol–water partition coefficient (Wildman–Crippen LogP) is 2.97. The second-order valence-electron chi connectivity index (χ2n) is 8.33. The standard InChI is InChI=1S/C24H29N3O7S/c1-33-24(30)34-22-12-9-19(16-26-22)23(29)27-35(31,32)20-10-7-17(8-11-20)13-14-25-21(28)15-18-5-3-2-4-6-18/h7-12,16,18H,2-6,13-15H2,1H3,(H,25,28)(H,27,29). The molecule has 1 aromatic heterocycles. The lowest BCUT2D eigenvalue weighted by Crippen LogP contribution is -2.30. The van der Waals surface area contributed by atoms with Crippen LogP contribution in [0.3, 0.4) is 0 Å². The van der Waals surface area contributed by atoms with E-state index in [1.165, 1.54) is 43.5 Å². The molecule has 188 valence electrons. The van der Waals surface area contributed by atoms with Crippen molar-refractivity contribution in [1.82, 2.24) is 15.0 Å². The number of rotatable bonds is 9. The van der Waals surface area contributed by atoms with Crippen molar-refractivity contribution in [2.75, 3.05) is 13.7 Å². The zero-order chi connectivity index (χ0) is 25.3. The van der Waals surface area contributed by atoms with Gasteiger partial charge in [0.1, 0.15) is 0 Å². The molecule has 3 rings (SSSR count). The van der Waals surface area contributed by atoms with Gasteiger partial charge in [-0.2, -0.15) is 0 Å². The van der Waals surface area contributed by atoms with Gasteiger partial charge in [-0.15, -0.1) is 0 Å². The molecule has 2 amide bonds. The van der Waals surface area contributed by atoms with Gasteiger partial charge in [0.05, 0.1) is 17.6 Å². The van der Waals surface area contributed by atoms with Crippen molar-refractivity contribution >= 4 is 28.0 Å². The van der Waals surface area contributed by atoms with Crippen LogP contribution in [0.2, 0.25) is 0 Å². The number of amides is 2. The minimum atomic E-state index is -4.11. The molecule has 1 saturated carbocycles. The first-order chi connectivity index (χ1) is 16.8. The highest BCUT2D eigenvalue weighted by Crippen LogP contribution is 2.26. The molecule has 10 nitrogen and oxygen atoms in total. The number of hydrogen-bond donors (Lipinski definition) is 2. The fourth-order valence-electron chi connectivity index (χ4n) is 3.85. The van der Waals surface area contributed by atoms with Gasteiger partial charge in [0, 0.05) is 25.2 Å². The second kappa shape index (κ2) is 12.3. The van der Waals surface area contributed by atoms with Gasteiger partial charge in [-0.3, -0.25) is 9.59 Å². The Morgan fingerprint density at radius 3 is 2.37 bits per heavy atom. The lowest BCUT2D eigenvalue weighted by Gasteiger charge is -2.20. The third-order valence-electron chi connectivity index (χ3n) is 5.75. The first-order valence-corrected chi connectivity index (χ1v) is 12.9. The summed E-state index contributed by atoms with van der Waals surface area (Å²) in [4.78, 5) is 39.2. The Hall–Kier alpha value is -3.47. The summed E-state index contributed by atoms with van der Waals surface area (Å²) in [6, 6.07) is 8.60. The normalized spacial score (nSPS) is 14.1. The van der Waals surface area contributed by atoms with Crippen LogP contribution >= 0.6 is 0 Å². The van der Waals surface area contributed by atoms with E-state index in [0.29, 0.717) is 25.3 Å². The lowest BCUT2D eigenvalue weighted by atomic mass is 9.87. The van der Waals surface area contributed by atoms with E-state index in [0.717, 1.165) is 31.7 Å². The maximum atomic E-state index is 12.6. The molecule has 35 heavy (non-hydrogen) atoms. The highest BCUT2D eigenvalue weighted by Gasteiger charge is 2.20. The molecule has 1 fully saturated rings. The quantitative estimate of drug-likeness (QED) is 0.498. The van der Waals surface area contributed by atoms with Crippen LogP contribution in [0.25, 0.3) is 0 Å². The van der Waals surface area contributed by atoms with Crippen LogP contribution in [0.4, 0.5) is 4.79 Å². The Labute approximate surface area is 204 Å². The molecule has 2 aromatic rings. The topological polar surface area (TPSA) is 141 Å². The maximum Gasteiger partial charge on any atom is 0.514 e. The minimum Gasteiger partial charge on any atom is -0.437 e. The Balaban J connectivity index is 1.48. The number of hydrogen-bond acceptors (Lipinski definition) is 8. The van der Waals surface area contributed by atoms with Crippen LogP contribution < -0.4 is 14.8 Å². The first kappa shape index (κ1) is 26.1. The molecule has 1 aliphatic rings. The molecule has 0 radical (unpaired) electrons. The molecule has 2 N–H and O–H groups in total. The van der Waals surface area contributed by atoms with Crippen LogP contribution in [0, 0.1) is 5.92 Å². The zero-order valence-corrected chi connectivity index (χ0v) is 20.3. The van der Waals surface area contributed by atoms with Crippen molar-refractivity contribution in [3.8, 4) is 5.88 Å². The molecule has 1 aromatic carbocycles. The summed E-state index contributed by atoms with van der Waals surface area (Å²) in [5, 5.41) is 2.93. The monoisotopic (exact) mass is 503 g/mol. The molecular formula is C24H29N3O7S. The lowest BCUT2D eigenvalue weighted by molar-refractivity contribution is -0.122. The van der Waals surface area contributed by atoms with Gasteiger partial charge in [0.25, 0.3) is 15.9 Å². The SMILES string of the molecule is COC(=O)Oc1ccc(C(=O)NS(=O)(=O)c2ccc(CCNC(=O)CC3CCCCC3)cc2)cn1. The fourth-order valence-corrected chi connectivity index (χ4v) is 4.82. The number of methoxy groups -OCH3 is 1. The Kier molecular flexibility index (Phi) is 9.18. The molecule has 0 unspecified atom stereocenters. The maximum absolute atomic E-state index is 12.6. The number of carbonyl (C=O) groups is 3. The molecule has 0 aliphatic heterocycles. The van der Waals surface area contributed by atoms with E-state index in [1.54, 1.807) is 12.1 Å². The van der Waals surface area contributed by atoms with Gasteiger partial charge in [0.2, 0.25) is 11.8 Å². The summed E-state index contributed by atoms with van der Waals surface area (Å²) in [6.07, 6.45) is 7.12. The van der Waals surface area contributed by atoms with Crippen molar-refractivity contribution in [3.05, 3.63) is 53.7 Å². The molecule has 11 heteroatoms. The van der Waals surface area contributed by atoms with Crippen LogP contribution in [-0.2, 0) is 26.0 Å². The minimum absolute atomic E-state index is 0.0358. The zero-order valence-electron chi connectivity index (χ0n) is 19.5. The number of ether oxygens (including phenoxy) is 2. The average molecular weight is 504 g/mol. The second-order valence-corrected chi connectivity index (χ2v) is 10.0. The van der Waals surface area contributed by atoms with E-state index in [2.05, 4.69) is 15.0 Å². The number of carbonyl (C=O) groups excluding carboxylic acids is 3. The first-order valence-electron chi connectivity index (χ1n) is 11.4. The van der Waals surface area contributed by atoms with Gasteiger partial charge in [-0.25, -0.2) is 22.9 Å². The smallest absolute Gasteiger partial charge is 0.437 e. The van der Waals surface area contributed by atoms with Crippen LogP contribution in [0.1, 0.15) is 54.4 Å². The van der Waals surface area contributed by atoms with E-state index in [4.69, 9.17) is 4.74 Å². The van der Waals surface area contributed by atoms with E-state index in [9.17, 15) is 22.8 Å². The van der Waals surface area contributed by atoms with Crippen LogP contribution in [0.15, 0.2) is 47.5 Å². The van der Waals surface area contributed by atoms with Gasteiger partial charge in [-0.1, -0.05) is 31.4 Å². The molecule has 0 saturated heterocycles. The van der Waals surface area contributed by atoms with Crippen molar-refractivity contribution < 1.29 is 32.3 Å². The molecule has 1 heterocycles. The Bertz CT molecular complexity index is 1130. The highest BCUT2D eigenvalue weighted by atomic mass is 32.2. The Morgan fingerprint density at radius 2 is 1.74 bits per heavy atom. The van der Waals surface area contributed by atoms with Crippen LogP contribution in [-0.4, -0.2) is 45.0 Å². The molecular weight excluding hydrogens is 474 g/mol. The van der Waals surface area contributed by atoms with E-state index in [1.807, 2.05) is 4.72 Å². The summed E-state index contributed by atoms with van der Waals surface area (Å²) in [7, 11) is -2.97. The number of sulfonamides is 1. The van der Waals surface area contributed by atoms with Gasteiger partial charge in [-0.05, 0) is 48.9 Å². The van der Waals surface area contributed by atoms with E-state index >= 15 is 0 Å². The number of nitrogens with zero attached hydrogens (tertiary/aromatic N) is 1. The van der Waals surface area contributed by atoms with Crippen molar-refractivity contribution in [3.63, 3.8) is 0 Å². The number of nitrogens with one attached hydrogen (secondary N) is 2. The summed E-state index contributed by atoms with van der Waals surface area (Å²) in [6.45, 7) is 0.469. The number of benzene rings is 1. The highest BCUT2D eigenvalue weighted by molar-refractivity contribution is 7.90.